The first-order valence-electron chi connectivity index (χ1n) is 12.6. The molecule has 0 bridgehead atoms. The van der Waals surface area contributed by atoms with Crippen molar-refractivity contribution in [3.05, 3.63) is 58.2 Å². The Balaban J connectivity index is 0.000000676. The SMILES string of the molecule is COC(=O)C[C@H](NC(=O)CNC(=O)c1cc(NC2=NCC(F)CN2)c2cn[nH]c2c1)c1cccc(Br)c1.O=C(O)C(F)(F)F. The number of aliphatic imine (C=N–C) groups is 1. The molecule has 6 N–H and O–H groups in total. The topological polar surface area (TPSA) is 187 Å². The normalized spacial score (nSPS) is 15.0. The second-order valence-electron chi connectivity index (χ2n) is 9.09. The van der Waals surface area contributed by atoms with Crippen LogP contribution in [0.5, 0.6) is 0 Å². The van der Waals surface area contributed by atoms with Crippen molar-refractivity contribution in [2.45, 2.75) is 24.8 Å². The number of rotatable bonds is 8. The fourth-order valence-electron chi connectivity index (χ4n) is 3.75. The molecule has 3 aromatic rings. The first-order chi connectivity index (χ1) is 20.8. The van der Waals surface area contributed by atoms with Crippen molar-refractivity contribution in [1.82, 2.24) is 26.1 Å². The largest absolute Gasteiger partial charge is 0.490 e. The summed E-state index contributed by atoms with van der Waals surface area (Å²) < 4.78 is 50.6. The van der Waals surface area contributed by atoms with Gasteiger partial charge in [0.25, 0.3) is 5.91 Å². The maximum Gasteiger partial charge on any atom is 0.490 e. The fourth-order valence-corrected chi connectivity index (χ4v) is 4.17. The first-order valence-corrected chi connectivity index (χ1v) is 13.4. The predicted octanol–water partition coefficient (Wildman–Crippen LogP) is 2.82. The molecule has 2 amide bonds. The third kappa shape index (κ3) is 9.92. The van der Waals surface area contributed by atoms with E-state index in [1.165, 1.54) is 7.11 Å². The number of nitrogens with zero attached hydrogens (tertiary/aromatic N) is 2. The zero-order chi connectivity index (χ0) is 32.4. The van der Waals surface area contributed by atoms with Crippen LogP contribution in [0.3, 0.4) is 0 Å². The second kappa shape index (κ2) is 15.1. The van der Waals surface area contributed by atoms with Gasteiger partial charge in [-0.15, -0.1) is 0 Å². The number of H-pyrrole nitrogens is 1. The van der Waals surface area contributed by atoms with Crippen LogP contribution < -0.4 is 21.3 Å². The third-order valence-corrected chi connectivity index (χ3v) is 6.34. The van der Waals surface area contributed by atoms with E-state index in [0.29, 0.717) is 28.1 Å². The number of alkyl halides is 4. The number of benzene rings is 2. The third-order valence-electron chi connectivity index (χ3n) is 5.85. The number of carboxylic acid groups (broad SMARTS) is 1. The van der Waals surface area contributed by atoms with Gasteiger partial charge in [-0.05, 0) is 29.8 Å². The Labute approximate surface area is 254 Å². The summed E-state index contributed by atoms with van der Waals surface area (Å²) in [5.74, 6) is -3.83. The van der Waals surface area contributed by atoms with Crippen LogP contribution in [-0.4, -0.2) is 84.1 Å². The van der Waals surface area contributed by atoms with Crippen LogP contribution in [0.2, 0.25) is 0 Å². The number of hydrogen-bond acceptors (Lipinski definition) is 9. The number of aliphatic carboxylic acids is 1. The minimum absolute atomic E-state index is 0.0378. The molecule has 2 atom stereocenters. The zero-order valence-corrected chi connectivity index (χ0v) is 24.4. The van der Waals surface area contributed by atoms with Gasteiger partial charge in [0.2, 0.25) is 5.91 Å². The van der Waals surface area contributed by atoms with Crippen LogP contribution in [0.25, 0.3) is 10.9 Å². The summed E-state index contributed by atoms with van der Waals surface area (Å²) in [7, 11) is 1.27. The summed E-state index contributed by atoms with van der Waals surface area (Å²) in [5, 5.41) is 26.0. The van der Waals surface area contributed by atoms with Crippen LogP contribution in [-0.2, 0) is 19.1 Å². The summed E-state index contributed by atoms with van der Waals surface area (Å²) in [6.45, 7) is -0.150. The first kappa shape index (κ1) is 33.8. The lowest BCUT2D eigenvalue weighted by Crippen LogP contribution is -2.41. The van der Waals surface area contributed by atoms with Gasteiger partial charge in [0, 0.05) is 15.4 Å². The molecule has 0 aliphatic carbocycles. The number of fused-ring (bicyclic) bond motifs is 1. The van der Waals surface area contributed by atoms with Gasteiger partial charge in [0.1, 0.15) is 6.17 Å². The lowest BCUT2D eigenvalue weighted by atomic mass is 10.0. The molecule has 0 spiro atoms. The maximum atomic E-state index is 13.4. The van der Waals surface area contributed by atoms with Crippen molar-refractivity contribution in [3.8, 4) is 0 Å². The number of methoxy groups -OCH3 is 1. The van der Waals surface area contributed by atoms with Crippen molar-refractivity contribution >= 4 is 62.2 Å². The molecule has 0 saturated heterocycles. The van der Waals surface area contributed by atoms with Crippen molar-refractivity contribution in [3.63, 3.8) is 0 Å². The molecule has 2 aromatic carbocycles. The minimum atomic E-state index is -5.08. The van der Waals surface area contributed by atoms with Crippen LogP contribution >= 0.6 is 15.9 Å². The molecule has 1 aromatic heterocycles. The minimum Gasteiger partial charge on any atom is -0.475 e. The second-order valence-corrected chi connectivity index (χ2v) is 10.0. The molecule has 0 saturated carbocycles. The van der Waals surface area contributed by atoms with Crippen LogP contribution in [0.15, 0.2) is 52.1 Å². The number of amides is 2. The van der Waals surface area contributed by atoms with Crippen molar-refractivity contribution in [2.24, 2.45) is 4.99 Å². The molecule has 44 heavy (non-hydrogen) atoms. The van der Waals surface area contributed by atoms with Crippen LogP contribution in [0.1, 0.15) is 28.4 Å². The maximum absolute atomic E-state index is 13.4. The number of guanidine groups is 1. The Bertz CT molecular complexity index is 1550. The molecule has 1 unspecified atom stereocenters. The molecule has 0 fully saturated rings. The van der Waals surface area contributed by atoms with Gasteiger partial charge in [-0.25, -0.2) is 14.2 Å². The van der Waals surface area contributed by atoms with Crippen LogP contribution in [0.4, 0.5) is 23.2 Å². The van der Waals surface area contributed by atoms with Gasteiger partial charge in [0.15, 0.2) is 5.96 Å². The van der Waals surface area contributed by atoms with Gasteiger partial charge in [-0.3, -0.25) is 19.5 Å². The van der Waals surface area contributed by atoms with E-state index < -0.39 is 42.1 Å². The number of esters is 1. The van der Waals surface area contributed by atoms with E-state index in [0.717, 1.165) is 4.47 Å². The van der Waals surface area contributed by atoms with E-state index in [-0.39, 0.29) is 31.6 Å². The number of nitrogens with one attached hydrogen (secondary N) is 5. The number of aromatic nitrogens is 2. The zero-order valence-electron chi connectivity index (χ0n) is 22.8. The van der Waals surface area contributed by atoms with Gasteiger partial charge in [0.05, 0.1) is 56.6 Å². The number of carbonyl (C=O) groups excluding carboxylic acids is 3. The van der Waals surface area contributed by atoms with E-state index >= 15 is 0 Å². The Kier molecular flexibility index (Phi) is 11.6. The molecule has 13 nitrogen and oxygen atoms in total. The highest BCUT2D eigenvalue weighted by Crippen LogP contribution is 2.25. The lowest BCUT2D eigenvalue weighted by molar-refractivity contribution is -0.192. The molecular weight excluding hydrogens is 662 g/mol. The fraction of sp³-hybridized carbons (Fsp3) is 0.308. The average Bonchev–Trinajstić information content (AvgIpc) is 3.46. The number of aromatic amines is 1. The number of hydrogen-bond donors (Lipinski definition) is 6. The molecule has 0 radical (unpaired) electrons. The predicted molar refractivity (Wildman–Crippen MR) is 153 cm³/mol. The van der Waals surface area contributed by atoms with Crippen molar-refractivity contribution < 1.29 is 46.6 Å². The molecule has 1 aliphatic rings. The number of carbonyl (C=O) groups is 4. The summed E-state index contributed by atoms with van der Waals surface area (Å²) in [6, 6.07) is 9.76. The highest BCUT2D eigenvalue weighted by molar-refractivity contribution is 9.10. The lowest BCUT2D eigenvalue weighted by Gasteiger charge is -2.19. The number of carboxylic acids is 1. The number of ether oxygens (including phenoxy) is 1. The molecule has 2 heterocycles. The van der Waals surface area contributed by atoms with Gasteiger partial charge >= 0.3 is 18.1 Å². The highest BCUT2D eigenvalue weighted by atomic mass is 79.9. The Morgan fingerprint density at radius 2 is 1.93 bits per heavy atom. The van der Waals surface area contributed by atoms with E-state index in [1.807, 2.05) is 6.07 Å². The van der Waals surface area contributed by atoms with Gasteiger partial charge in [-0.2, -0.15) is 18.3 Å². The monoisotopic (exact) mass is 687 g/mol. The van der Waals surface area contributed by atoms with Crippen LogP contribution in [0, 0.1) is 0 Å². The number of anilines is 1. The molecule has 236 valence electrons. The Hall–Kier alpha value is -4.74. The van der Waals surface area contributed by atoms with E-state index in [1.54, 1.807) is 36.5 Å². The highest BCUT2D eigenvalue weighted by Gasteiger charge is 2.38. The summed E-state index contributed by atoms with van der Waals surface area (Å²) >= 11 is 3.38. The molecular formula is C26H26BrF4N7O6. The van der Waals surface area contributed by atoms with Crippen molar-refractivity contribution in [1.29, 1.82) is 0 Å². The van der Waals surface area contributed by atoms with E-state index in [2.05, 4.69) is 52.4 Å². The molecule has 4 rings (SSSR count). The molecule has 18 heteroatoms. The average molecular weight is 688 g/mol. The van der Waals surface area contributed by atoms with Crippen molar-refractivity contribution in [2.75, 3.05) is 32.1 Å². The van der Waals surface area contributed by atoms with E-state index in [9.17, 15) is 31.9 Å². The van der Waals surface area contributed by atoms with Gasteiger partial charge < -0.3 is 31.1 Å². The summed E-state index contributed by atoms with van der Waals surface area (Å²) in [6.07, 6.45) is -4.62. The standard InChI is InChI=1S/C24H25BrFN7O4.C2HF3O2/c1-37-22(35)8-18(13-3-2-4-15(25)5-13)31-21(34)12-27-23(36)14-6-19(17-11-30-33-20(17)7-14)32-24-28-9-16(26)10-29-24;3-2(4,5)1(6)7/h2-7,11,16,18H,8-10,12H2,1H3,(H,27,36)(H,30,33)(H,31,34)(H2,28,29,32);(H,6,7)/t18-;/m0./s1. The Morgan fingerprint density at radius 3 is 2.55 bits per heavy atom. The quantitative estimate of drug-likeness (QED) is 0.153. The summed E-state index contributed by atoms with van der Waals surface area (Å²) in [4.78, 5) is 50.5. The summed E-state index contributed by atoms with van der Waals surface area (Å²) in [5.41, 5.74) is 2.10. The van der Waals surface area contributed by atoms with Gasteiger partial charge in [-0.1, -0.05) is 28.1 Å². The Morgan fingerprint density at radius 1 is 1.20 bits per heavy atom. The number of halogens is 5. The van der Waals surface area contributed by atoms with E-state index in [4.69, 9.17) is 14.6 Å². The molecule has 1 aliphatic heterocycles. The smallest absolute Gasteiger partial charge is 0.475 e.